The number of ether oxygens (including phenoxy) is 1. The fraction of sp³-hybridized carbons (Fsp3) is 0.385. The lowest BCUT2D eigenvalue weighted by Crippen LogP contribution is -2.14. The highest BCUT2D eigenvalue weighted by Crippen LogP contribution is 2.16. The summed E-state index contributed by atoms with van der Waals surface area (Å²) in [4.78, 5) is 23.0. The van der Waals surface area contributed by atoms with E-state index in [1.807, 2.05) is 6.92 Å². The van der Waals surface area contributed by atoms with E-state index in [-0.39, 0.29) is 5.91 Å². The molecule has 4 nitrogen and oxygen atoms in total. The van der Waals surface area contributed by atoms with Crippen molar-refractivity contribution < 1.29 is 14.3 Å². The molecule has 1 N–H and O–H groups in total. The van der Waals surface area contributed by atoms with Crippen LogP contribution in [0.5, 0.6) is 0 Å². The van der Waals surface area contributed by atoms with E-state index in [0.29, 0.717) is 24.3 Å². The molecule has 0 heterocycles. The predicted octanol–water partition coefficient (Wildman–Crippen LogP) is 2.60. The molecule has 0 aliphatic rings. The lowest BCUT2D eigenvalue weighted by Gasteiger charge is -2.09. The number of hydrogen-bond acceptors (Lipinski definition) is 3. The van der Waals surface area contributed by atoms with Crippen molar-refractivity contribution in [1.29, 1.82) is 0 Å². The van der Waals surface area contributed by atoms with E-state index >= 15 is 0 Å². The van der Waals surface area contributed by atoms with Gasteiger partial charge in [0.2, 0.25) is 5.91 Å². The molecule has 0 radical (unpaired) electrons. The maximum absolute atomic E-state index is 11.7. The standard InChI is InChI=1S/C13H17NO3/c1-3-9-17-13(16)10-7-5-6-8-11(10)14-12(15)4-2/h5-8H,3-4,9H2,1-2H3,(H,14,15). The molecule has 0 fully saturated rings. The summed E-state index contributed by atoms with van der Waals surface area (Å²) in [5, 5.41) is 2.68. The Kier molecular flexibility index (Phi) is 5.20. The van der Waals surface area contributed by atoms with Gasteiger partial charge in [-0.15, -0.1) is 0 Å². The van der Waals surface area contributed by atoms with E-state index in [0.717, 1.165) is 6.42 Å². The van der Waals surface area contributed by atoms with Crippen LogP contribution in [0.4, 0.5) is 5.69 Å². The summed E-state index contributed by atoms with van der Waals surface area (Å²) in [5.41, 5.74) is 0.892. The van der Waals surface area contributed by atoms with Crippen molar-refractivity contribution in [2.45, 2.75) is 26.7 Å². The van der Waals surface area contributed by atoms with Crippen molar-refractivity contribution in [2.75, 3.05) is 11.9 Å². The summed E-state index contributed by atoms with van der Waals surface area (Å²) < 4.78 is 5.04. The third-order valence-corrected chi connectivity index (χ3v) is 2.18. The van der Waals surface area contributed by atoms with Crippen molar-refractivity contribution in [3.8, 4) is 0 Å². The van der Waals surface area contributed by atoms with E-state index in [1.54, 1.807) is 31.2 Å². The van der Waals surface area contributed by atoms with Crippen LogP contribution in [0, 0.1) is 0 Å². The van der Waals surface area contributed by atoms with Crippen LogP contribution in [0.1, 0.15) is 37.0 Å². The molecule has 0 aliphatic heterocycles. The second-order valence-corrected chi connectivity index (χ2v) is 3.58. The van der Waals surface area contributed by atoms with Crippen LogP contribution in [0.3, 0.4) is 0 Å². The van der Waals surface area contributed by atoms with Crippen LogP contribution in [0.2, 0.25) is 0 Å². The van der Waals surface area contributed by atoms with Crippen LogP contribution in [0.15, 0.2) is 24.3 Å². The molecule has 1 rings (SSSR count). The minimum atomic E-state index is -0.404. The molecule has 17 heavy (non-hydrogen) atoms. The van der Waals surface area contributed by atoms with Crippen LogP contribution in [0.25, 0.3) is 0 Å². The van der Waals surface area contributed by atoms with Gasteiger partial charge in [-0.3, -0.25) is 4.79 Å². The van der Waals surface area contributed by atoms with Crippen LogP contribution in [-0.2, 0) is 9.53 Å². The second kappa shape index (κ2) is 6.68. The third kappa shape index (κ3) is 3.90. The van der Waals surface area contributed by atoms with Crippen LogP contribution in [-0.4, -0.2) is 18.5 Å². The van der Waals surface area contributed by atoms with E-state index < -0.39 is 5.97 Å². The lowest BCUT2D eigenvalue weighted by molar-refractivity contribution is -0.115. The molecule has 1 aromatic rings. The minimum absolute atomic E-state index is 0.124. The zero-order chi connectivity index (χ0) is 12.7. The first kappa shape index (κ1) is 13.2. The summed E-state index contributed by atoms with van der Waals surface area (Å²) in [6, 6.07) is 6.84. The van der Waals surface area contributed by atoms with Crippen molar-refractivity contribution in [3.05, 3.63) is 29.8 Å². The number of rotatable bonds is 5. The molecule has 0 unspecified atom stereocenters. The van der Waals surface area contributed by atoms with E-state index in [9.17, 15) is 9.59 Å². The monoisotopic (exact) mass is 235 g/mol. The quantitative estimate of drug-likeness (QED) is 0.798. The zero-order valence-electron chi connectivity index (χ0n) is 10.2. The maximum Gasteiger partial charge on any atom is 0.340 e. The highest BCUT2D eigenvalue weighted by molar-refractivity contribution is 6.01. The molecule has 0 saturated heterocycles. The molecular weight excluding hydrogens is 218 g/mol. The highest BCUT2D eigenvalue weighted by Gasteiger charge is 2.13. The van der Waals surface area contributed by atoms with Crippen molar-refractivity contribution in [3.63, 3.8) is 0 Å². The topological polar surface area (TPSA) is 55.4 Å². The van der Waals surface area contributed by atoms with Gasteiger partial charge in [-0.25, -0.2) is 4.79 Å². The number of anilines is 1. The van der Waals surface area contributed by atoms with Gasteiger partial charge in [0.15, 0.2) is 0 Å². The molecule has 1 amide bonds. The first-order valence-corrected chi connectivity index (χ1v) is 5.75. The molecule has 0 saturated carbocycles. The SMILES string of the molecule is CCCOC(=O)c1ccccc1NC(=O)CC. The van der Waals surface area contributed by atoms with Crippen LogP contribution >= 0.6 is 0 Å². The summed E-state index contributed by atoms with van der Waals surface area (Å²) in [6.07, 6.45) is 1.15. The van der Waals surface area contributed by atoms with Gasteiger partial charge in [-0.2, -0.15) is 0 Å². The Labute approximate surface area is 101 Å². The predicted molar refractivity (Wildman–Crippen MR) is 65.9 cm³/mol. The van der Waals surface area contributed by atoms with Gasteiger partial charge in [-0.1, -0.05) is 26.0 Å². The number of carbonyl (C=O) groups is 2. The Bertz CT molecular complexity index is 401. The molecule has 0 spiro atoms. The lowest BCUT2D eigenvalue weighted by atomic mass is 10.1. The number of esters is 1. The summed E-state index contributed by atoms with van der Waals surface area (Å²) in [7, 11) is 0. The highest BCUT2D eigenvalue weighted by atomic mass is 16.5. The smallest absolute Gasteiger partial charge is 0.340 e. The molecule has 4 heteroatoms. The summed E-state index contributed by atoms with van der Waals surface area (Å²) >= 11 is 0. The fourth-order valence-corrected chi connectivity index (χ4v) is 1.28. The normalized spacial score (nSPS) is 9.76. The summed E-state index contributed by atoms with van der Waals surface area (Å²) in [5.74, 6) is -0.528. The first-order valence-electron chi connectivity index (χ1n) is 5.75. The maximum atomic E-state index is 11.7. The van der Waals surface area contributed by atoms with Crippen LogP contribution < -0.4 is 5.32 Å². The third-order valence-electron chi connectivity index (χ3n) is 2.18. The average molecular weight is 235 g/mol. The number of amides is 1. The molecule has 0 bridgehead atoms. The minimum Gasteiger partial charge on any atom is -0.462 e. The number of hydrogen-bond donors (Lipinski definition) is 1. The van der Waals surface area contributed by atoms with Gasteiger partial charge in [0.05, 0.1) is 17.9 Å². The fourth-order valence-electron chi connectivity index (χ4n) is 1.28. The number of para-hydroxylation sites is 1. The van der Waals surface area contributed by atoms with Gasteiger partial charge < -0.3 is 10.1 Å². The van der Waals surface area contributed by atoms with E-state index in [4.69, 9.17) is 4.74 Å². The van der Waals surface area contributed by atoms with Gasteiger partial charge in [0, 0.05) is 6.42 Å². The Hall–Kier alpha value is -1.84. The molecule has 0 aromatic heterocycles. The van der Waals surface area contributed by atoms with Gasteiger partial charge in [-0.05, 0) is 18.6 Å². The average Bonchev–Trinajstić information content (AvgIpc) is 2.36. The number of benzene rings is 1. The second-order valence-electron chi connectivity index (χ2n) is 3.58. The number of carbonyl (C=O) groups excluding carboxylic acids is 2. The van der Waals surface area contributed by atoms with Gasteiger partial charge in [0.1, 0.15) is 0 Å². The molecule has 0 aliphatic carbocycles. The Morgan fingerprint density at radius 1 is 1.24 bits per heavy atom. The van der Waals surface area contributed by atoms with E-state index in [2.05, 4.69) is 5.32 Å². The Morgan fingerprint density at radius 2 is 1.94 bits per heavy atom. The molecule has 92 valence electrons. The van der Waals surface area contributed by atoms with Crippen molar-refractivity contribution in [2.24, 2.45) is 0 Å². The number of nitrogens with one attached hydrogen (secondary N) is 1. The van der Waals surface area contributed by atoms with Crippen molar-refractivity contribution in [1.82, 2.24) is 0 Å². The van der Waals surface area contributed by atoms with E-state index in [1.165, 1.54) is 0 Å². The first-order chi connectivity index (χ1) is 8.19. The molecule has 1 aromatic carbocycles. The van der Waals surface area contributed by atoms with Gasteiger partial charge in [0.25, 0.3) is 0 Å². The van der Waals surface area contributed by atoms with Crippen molar-refractivity contribution >= 4 is 17.6 Å². The molecule has 0 atom stereocenters. The zero-order valence-corrected chi connectivity index (χ0v) is 10.2. The molecular formula is C13H17NO3. The Morgan fingerprint density at radius 3 is 2.59 bits per heavy atom. The summed E-state index contributed by atoms with van der Waals surface area (Å²) in [6.45, 7) is 4.07. The largest absolute Gasteiger partial charge is 0.462 e. The van der Waals surface area contributed by atoms with Gasteiger partial charge >= 0.3 is 5.97 Å². The Balaban J connectivity index is 2.83.